The summed E-state index contributed by atoms with van der Waals surface area (Å²) in [7, 11) is 0. The Kier molecular flexibility index (Phi) is 8.35. The van der Waals surface area contributed by atoms with E-state index in [0.29, 0.717) is 11.2 Å². The summed E-state index contributed by atoms with van der Waals surface area (Å²) in [6.07, 6.45) is 8.66. The number of benzene rings is 6. The second kappa shape index (κ2) is 14.1. The van der Waals surface area contributed by atoms with E-state index in [1.165, 1.54) is 37.7 Å². The van der Waals surface area contributed by atoms with Gasteiger partial charge in [-0.2, -0.15) is 0 Å². The molecule has 2 aliphatic rings. The van der Waals surface area contributed by atoms with Crippen LogP contribution in [0, 0.1) is 17.8 Å². The SMILES string of the molecule is CC1CC2CC(C)CC(c3ccc(-c4ccc(-c5cc(-c6ccc(-c7ccccc7)c7oc8ccccc8c67)nc(-c6cccc7c6oc6ccccc67)n5)cn4)cc3)(C1)C2. The van der Waals surface area contributed by atoms with Crippen LogP contribution in [0.2, 0.25) is 0 Å². The average molecular weight is 792 g/mol. The molecule has 2 atom stereocenters. The van der Waals surface area contributed by atoms with E-state index in [2.05, 4.69) is 129 Å². The molecule has 2 saturated carbocycles. The van der Waals surface area contributed by atoms with Gasteiger partial charge in [0, 0.05) is 50.0 Å². The molecule has 0 radical (unpaired) electrons. The van der Waals surface area contributed by atoms with Crippen LogP contribution in [-0.4, -0.2) is 15.0 Å². The molecule has 4 aromatic heterocycles. The van der Waals surface area contributed by atoms with Gasteiger partial charge in [-0.05, 0) is 109 Å². The number of pyridine rings is 1. The van der Waals surface area contributed by atoms with E-state index >= 15 is 0 Å². The maximum atomic E-state index is 6.68. The molecule has 2 bridgehead atoms. The minimum absolute atomic E-state index is 0.307. The van der Waals surface area contributed by atoms with Crippen molar-refractivity contribution in [1.29, 1.82) is 0 Å². The van der Waals surface area contributed by atoms with Gasteiger partial charge in [0.05, 0.1) is 22.6 Å². The van der Waals surface area contributed by atoms with Gasteiger partial charge >= 0.3 is 0 Å². The van der Waals surface area contributed by atoms with Crippen LogP contribution in [0.25, 0.3) is 100 Å². The van der Waals surface area contributed by atoms with Crippen LogP contribution in [0.4, 0.5) is 0 Å². The number of hydrogen-bond acceptors (Lipinski definition) is 5. The maximum absolute atomic E-state index is 6.68. The van der Waals surface area contributed by atoms with Gasteiger partial charge in [-0.3, -0.25) is 4.98 Å². The Hall–Kier alpha value is -6.85. The summed E-state index contributed by atoms with van der Waals surface area (Å²) in [6.45, 7) is 4.92. The Bertz CT molecular complexity index is 3250. The number of furan rings is 2. The van der Waals surface area contributed by atoms with Crippen molar-refractivity contribution in [3.05, 3.63) is 163 Å². The Morgan fingerprint density at radius 1 is 0.492 bits per heavy atom. The molecule has 0 saturated heterocycles. The molecule has 10 aromatic rings. The molecule has 0 amide bonds. The monoisotopic (exact) mass is 791 g/mol. The normalized spacial score (nSPS) is 20.2. The summed E-state index contributed by atoms with van der Waals surface area (Å²) in [4.78, 5) is 15.7. The lowest BCUT2D eigenvalue weighted by molar-refractivity contribution is 0.0780. The molecule has 4 heterocycles. The number of aromatic nitrogens is 3. The topological polar surface area (TPSA) is 65.0 Å². The molecule has 2 unspecified atom stereocenters. The van der Waals surface area contributed by atoms with E-state index < -0.39 is 0 Å². The molecule has 2 aliphatic carbocycles. The zero-order valence-corrected chi connectivity index (χ0v) is 34.4. The van der Waals surface area contributed by atoms with Crippen LogP contribution in [0.1, 0.15) is 51.5 Å². The molecular formula is C56H45N3O2. The molecule has 0 N–H and O–H groups in total. The van der Waals surface area contributed by atoms with Crippen LogP contribution in [0.3, 0.4) is 0 Å². The van der Waals surface area contributed by atoms with E-state index in [4.69, 9.17) is 23.8 Å². The third-order valence-corrected chi connectivity index (χ3v) is 13.7. The summed E-state index contributed by atoms with van der Waals surface area (Å²) in [5.74, 6) is 3.01. The van der Waals surface area contributed by atoms with Crippen molar-refractivity contribution in [3.63, 3.8) is 0 Å². The Morgan fingerprint density at radius 2 is 1.15 bits per heavy atom. The van der Waals surface area contributed by atoms with Crippen LogP contribution < -0.4 is 0 Å². The minimum atomic E-state index is 0.307. The van der Waals surface area contributed by atoms with Crippen LogP contribution in [0.5, 0.6) is 0 Å². The highest BCUT2D eigenvalue weighted by molar-refractivity contribution is 6.16. The first-order chi connectivity index (χ1) is 30.0. The number of para-hydroxylation sites is 3. The van der Waals surface area contributed by atoms with Crippen molar-refractivity contribution in [2.45, 2.75) is 51.4 Å². The van der Waals surface area contributed by atoms with E-state index in [1.54, 1.807) is 0 Å². The summed E-state index contributed by atoms with van der Waals surface area (Å²) < 4.78 is 13.2. The van der Waals surface area contributed by atoms with Crippen LogP contribution >= 0.6 is 0 Å². The number of rotatable bonds is 6. The zero-order valence-electron chi connectivity index (χ0n) is 34.4. The van der Waals surface area contributed by atoms with Crippen molar-refractivity contribution >= 4 is 43.9 Å². The molecule has 12 rings (SSSR count). The van der Waals surface area contributed by atoms with E-state index in [-0.39, 0.29) is 0 Å². The van der Waals surface area contributed by atoms with Crippen molar-refractivity contribution < 1.29 is 8.83 Å². The first kappa shape index (κ1) is 36.0. The highest BCUT2D eigenvalue weighted by Gasteiger charge is 2.45. The fraction of sp³-hybridized carbons (Fsp3) is 0.196. The van der Waals surface area contributed by atoms with Gasteiger partial charge in [0.1, 0.15) is 22.3 Å². The first-order valence-corrected chi connectivity index (χ1v) is 21.8. The van der Waals surface area contributed by atoms with Gasteiger partial charge in [0.2, 0.25) is 0 Å². The third kappa shape index (κ3) is 6.09. The quantitative estimate of drug-likeness (QED) is 0.168. The lowest BCUT2D eigenvalue weighted by Crippen LogP contribution is -2.42. The summed E-state index contributed by atoms with van der Waals surface area (Å²) in [6, 6.07) is 53.1. The summed E-state index contributed by atoms with van der Waals surface area (Å²) in [5.41, 5.74) is 13.6. The molecule has 6 aromatic carbocycles. The minimum Gasteiger partial charge on any atom is -0.455 e. The van der Waals surface area contributed by atoms with Gasteiger partial charge in [-0.15, -0.1) is 0 Å². The lowest BCUT2D eigenvalue weighted by Gasteiger charge is -2.50. The molecule has 0 aliphatic heterocycles. The van der Waals surface area contributed by atoms with Crippen molar-refractivity contribution in [3.8, 4) is 56.3 Å². The number of fused-ring (bicyclic) bond motifs is 8. The van der Waals surface area contributed by atoms with E-state index in [0.717, 1.165) is 112 Å². The van der Waals surface area contributed by atoms with Gasteiger partial charge in [-0.1, -0.05) is 123 Å². The van der Waals surface area contributed by atoms with Gasteiger partial charge < -0.3 is 8.83 Å². The molecule has 61 heavy (non-hydrogen) atoms. The fourth-order valence-electron chi connectivity index (χ4n) is 11.4. The predicted molar refractivity (Wildman–Crippen MR) is 248 cm³/mol. The third-order valence-electron chi connectivity index (χ3n) is 13.7. The number of hydrogen-bond donors (Lipinski definition) is 0. The molecule has 5 heteroatoms. The smallest absolute Gasteiger partial charge is 0.164 e. The molecule has 2 fully saturated rings. The summed E-state index contributed by atoms with van der Waals surface area (Å²) >= 11 is 0. The Labute approximate surface area is 355 Å². The average Bonchev–Trinajstić information content (AvgIpc) is 3.88. The van der Waals surface area contributed by atoms with Crippen LogP contribution in [0.15, 0.2) is 167 Å². The molecule has 296 valence electrons. The van der Waals surface area contributed by atoms with Crippen molar-refractivity contribution in [2.75, 3.05) is 0 Å². The van der Waals surface area contributed by atoms with E-state index in [9.17, 15) is 0 Å². The highest BCUT2D eigenvalue weighted by atomic mass is 16.3. The van der Waals surface area contributed by atoms with Gasteiger partial charge in [0.15, 0.2) is 5.82 Å². The largest absolute Gasteiger partial charge is 0.455 e. The number of nitrogens with zero attached hydrogens (tertiary/aromatic N) is 3. The Balaban J connectivity index is 0.991. The molecular weight excluding hydrogens is 747 g/mol. The highest BCUT2D eigenvalue weighted by Crippen LogP contribution is 2.54. The van der Waals surface area contributed by atoms with Crippen molar-refractivity contribution in [2.24, 2.45) is 17.8 Å². The standard InChI is InChI=1S/C56H45N3O2/c1-34-27-36-28-35(2)31-56(30-34,32-36)40-22-19-38(20-23-40)47-26-21-39(33-57-47)48-29-49(59-55(58-48)46-16-10-15-43-42-13-6-8-17-50(42)60-53(43)46)44-25-24-41(37-11-4-3-5-12-37)54-52(44)45-14-7-9-18-51(45)61-54/h3-26,29,33-36H,27-28,30-32H2,1-2H3. The summed E-state index contributed by atoms with van der Waals surface area (Å²) in [5, 5.41) is 4.16. The molecule has 0 spiro atoms. The van der Waals surface area contributed by atoms with Crippen LogP contribution in [-0.2, 0) is 5.41 Å². The lowest BCUT2D eigenvalue weighted by atomic mass is 9.54. The van der Waals surface area contributed by atoms with Gasteiger partial charge in [-0.25, -0.2) is 9.97 Å². The van der Waals surface area contributed by atoms with Crippen molar-refractivity contribution in [1.82, 2.24) is 15.0 Å². The second-order valence-corrected chi connectivity index (χ2v) is 18.0. The van der Waals surface area contributed by atoms with Gasteiger partial charge in [0.25, 0.3) is 0 Å². The maximum Gasteiger partial charge on any atom is 0.164 e. The zero-order chi connectivity index (χ0) is 40.7. The fourth-order valence-corrected chi connectivity index (χ4v) is 11.4. The van der Waals surface area contributed by atoms with E-state index in [1.807, 2.05) is 42.6 Å². The first-order valence-electron chi connectivity index (χ1n) is 21.8. The second-order valence-electron chi connectivity index (χ2n) is 18.0. The Morgan fingerprint density at radius 3 is 1.92 bits per heavy atom. The molecule has 5 nitrogen and oxygen atoms in total. The predicted octanol–water partition coefficient (Wildman–Crippen LogP) is 15.1.